The number of nitrogens with zero attached hydrogens (tertiary/aromatic N) is 3. The first-order chi connectivity index (χ1) is 6.81. The highest BCUT2D eigenvalue weighted by Gasteiger charge is 2.30. The number of hydrogen-bond donors (Lipinski definition) is 0. The zero-order chi connectivity index (χ0) is 9.97. The molecule has 0 N–H and O–H groups in total. The van der Waals surface area contributed by atoms with E-state index in [1.54, 1.807) is 0 Å². The molecule has 2 rings (SSSR count). The number of carbonyl (C=O) groups is 1. The lowest BCUT2D eigenvalue weighted by Crippen LogP contribution is -2.43. The van der Waals surface area contributed by atoms with E-state index in [4.69, 9.17) is 0 Å². The van der Waals surface area contributed by atoms with Crippen LogP contribution in [0.5, 0.6) is 0 Å². The fraction of sp³-hybridized carbons (Fsp3) is 0.889. The molecule has 1 amide bonds. The second-order valence-corrected chi connectivity index (χ2v) is 3.96. The second kappa shape index (κ2) is 3.94. The van der Waals surface area contributed by atoms with Gasteiger partial charge < -0.3 is 4.90 Å². The average Bonchev–Trinajstić information content (AvgIpc) is 2.65. The van der Waals surface area contributed by atoms with Crippen molar-refractivity contribution in [3.8, 4) is 0 Å². The predicted molar refractivity (Wildman–Crippen MR) is 51.3 cm³/mol. The standard InChI is InChI=1S/C9H15N3O2/c13-9-2-1-5-12(9)8-3-6-11(10-14)7-4-8/h8H,1-7H2. The van der Waals surface area contributed by atoms with Crippen LogP contribution in [0.2, 0.25) is 0 Å². The van der Waals surface area contributed by atoms with Gasteiger partial charge in [0, 0.05) is 32.1 Å². The van der Waals surface area contributed by atoms with E-state index in [0.29, 0.717) is 25.6 Å². The molecule has 5 heteroatoms. The third-order valence-corrected chi connectivity index (χ3v) is 3.11. The quantitative estimate of drug-likeness (QED) is 0.614. The summed E-state index contributed by atoms with van der Waals surface area (Å²) in [6.07, 6.45) is 3.46. The van der Waals surface area contributed by atoms with Gasteiger partial charge in [0.1, 0.15) is 0 Å². The number of hydrogen-bond acceptors (Lipinski definition) is 3. The van der Waals surface area contributed by atoms with E-state index in [9.17, 15) is 9.70 Å². The first kappa shape index (κ1) is 9.43. The van der Waals surface area contributed by atoms with Gasteiger partial charge in [0.25, 0.3) is 0 Å². The third-order valence-electron chi connectivity index (χ3n) is 3.11. The SMILES string of the molecule is O=NN1CCC(N2CCCC2=O)CC1. The zero-order valence-corrected chi connectivity index (χ0v) is 8.19. The number of amides is 1. The molecule has 2 fully saturated rings. The Hall–Kier alpha value is -1.13. The van der Waals surface area contributed by atoms with E-state index < -0.39 is 0 Å². The van der Waals surface area contributed by atoms with Crippen LogP contribution in [0, 0.1) is 4.91 Å². The summed E-state index contributed by atoms with van der Waals surface area (Å²) in [5, 5.41) is 4.45. The van der Waals surface area contributed by atoms with E-state index in [1.165, 1.54) is 5.01 Å². The summed E-state index contributed by atoms with van der Waals surface area (Å²) in [4.78, 5) is 23.7. The van der Waals surface area contributed by atoms with Crippen molar-refractivity contribution >= 4 is 5.91 Å². The van der Waals surface area contributed by atoms with Gasteiger partial charge in [-0.1, -0.05) is 0 Å². The maximum absolute atomic E-state index is 11.5. The number of carbonyl (C=O) groups excluding carboxylic acids is 1. The molecular weight excluding hydrogens is 182 g/mol. The minimum absolute atomic E-state index is 0.280. The smallest absolute Gasteiger partial charge is 0.222 e. The molecule has 78 valence electrons. The van der Waals surface area contributed by atoms with E-state index in [2.05, 4.69) is 5.29 Å². The molecule has 5 nitrogen and oxygen atoms in total. The van der Waals surface area contributed by atoms with E-state index in [-0.39, 0.29) is 5.91 Å². The largest absolute Gasteiger partial charge is 0.340 e. The predicted octanol–water partition coefficient (Wildman–Crippen LogP) is 0.755. The summed E-state index contributed by atoms with van der Waals surface area (Å²) in [6.45, 7) is 2.29. The van der Waals surface area contributed by atoms with Crippen molar-refractivity contribution in [1.82, 2.24) is 9.91 Å². The van der Waals surface area contributed by atoms with Crippen molar-refractivity contribution in [1.29, 1.82) is 0 Å². The first-order valence-electron chi connectivity index (χ1n) is 5.19. The van der Waals surface area contributed by atoms with Crippen LogP contribution in [-0.4, -0.2) is 41.5 Å². The molecule has 2 aliphatic rings. The van der Waals surface area contributed by atoms with Gasteiger partial charge in [-0.15, -0.1) is 4.91 Å². The Labute approximate surface area is 83.0 Å². The Kier molecular flexibility index (Phi) is 2.65. The molecule has 0 radical (unpaired) electrons. The fourth-order valence-electron chi connectivity index (χ4n) is 2.30. The minimum atomic E-state index is 0.280. The highest BCUT2D eigenvalue weighted by atomic mass is 16.3. The topological polar surface area (TPSA) is 53.0 Å². The van der Waals surface area contributed by atoms with Gasteiger partial charge in [0.15, 0.2) is 0 Å². The molecule has 0 aromatic heterocycles. The lowest BCUT2D eigenvalue weighted by Gasteiger charge is -2.33. The molecule has 0 aromatic carbocycles. The fourth-order valence-corrected chi connectivity index (χ4v) is 2.30. The van der Waals surface area contributed by atoms with E-state index in [0.717, 1.165) is 25.8 Å². The molecular formula is C9H15N3O2. The normalized spacial score (nSPS) is 24.4. The third kappa shape index (κ3) is 1.71. The molecule has 0 aromatic rings. The molecule has 14 heavy (non-hydrogen) atoms. The summed E-state index contributed by atoms with van der Waals surface area (Å²) in [6, 6.07) is 0.350. The summed E-state index contributed by atoms with van der Waals surface area (Å²) in [5.41, 5.74) is 0. The van der Waals surface area contributed by atoms with Crippen molar-refractivity contribution < 1.29 is 4.79 Å². The molecule has 2 saturated heterocycles. The van der Waals surface area contributed by atoms with Crippen LogP contribution in [0.1, 0.15) is 25.7 Å². The van der Waals surface area contributed by atoms with Gasteiger partial charge in [-0.25, -0.2) is 0 Å². The van der Waals surface area contributed by atoms with Crippen molar-refractivity contribution in [2.45, 2.75) is 31.7 Å². The van der Waals surface area contributed by atoms with Crippen molar-refractivity contribution in [2.75, 3.05) is 19.6 Å². The van der Waals surface area contributed by atoms with Crippen LogP contribution in [-0.2, 0) is 4.79 Å². The van der Waals surface area contributed by atoms with Crippen molar-refractivity contribution in [2.24, 2.45) is 5.29 Å². The number of rotatable bonds is 2. The van der Waals surface area contributed by atoms with E-state index in [1.807, 2.05) is 4.90 Å². The van der Waals surface area contributed by atoms with Gasteiger partial charge in [0.05, 0.1) is 5.29 Å². The Bertz CT molecular complexity index is 236. The van der Waals surface area contributed by atoms with Crippen LogP contribution in [0.25, 0.3) is 0 Å². The summed E-state index contributed by atoms with van der Waals surface area (Å²) < 4.78 is 0. The highest BCUT2D eigenvalue weighted by Crippen LogP contribution is 2.21. The van der Waals surface area contributed by atoms with Gasteiger partial charge >= 0.3 is 0 Å². The average molecular weight is 197 g/mol. The number of nitroso groups, excluding NO2 is 1. The molecule has 0 aliphatic carbocycles. The first-order valence-corrected chi connectivity index (χ1v) is 5.19. The minimum Gasteiger partial charge on any atom is -0.340 e. The lowest BCUT2D eigenvalue weighted by molar-refractivity contribution is -0.130. The van der Waals surface area contributed by atoms with Crippen molar-refractivity contribution in [3.05, 3.63) is 4.91 Å². The number of piperidine rings is 1. The monoisotopic (exact) mass is 197 g/mol. The Morgan fingerprint density at radius 3 is 2.43 bits per heavy atom. The van der Waals surface area contributed by atoms with Crippen LogP contribution in [0.4, 0.5) is 0 Å². The maximum atomic E-state index is 11.5. The molecule has 0 saturated carbocycles. The zero-order valence-electron chi connectivity index (χ0n) is 8.19. The Morgan fingerprint density at radius 1 is 1.21 bits per heavy atom. The lowest BCUT2D eigenvalue weighted by atomic mass is 10.1. The molecule has 0 spiro atoms. The van der Waals surface area contributed by atoms with Gasteiger partial charge in [-0.05, 0) is 19.3 Å². The van der Waals surface area contributed by atoms with Crippen LogP contribution >= 0.6 is 0 Å². The molecule has 0 bridgehead atoms. The Morgan fingerprint density at radius 2 is 1.93 bits per heavy atom. The van der Waals surface area contributed by atoms with Gasteiger partial charge in [0.2, 0.25) is 5.91 Å². The second-order valence-electron chi connectivity index (χ2n) is 3.96. The maximum Gasteiger partial charge on any atom is 0.222 e. The summed E-state index contributed by atoms with van der Waals surface area (Å²) >= 11 is 0. The Balaban J connectivity index is 1.88. The van der Waals surface area contributed by atoms with Crippen molar-refractivity contribution in [3.63, 3.8) is 0 Å². The highest BCUT2D eigenvalue weighted by molar-refractivity contribution is 5.78. The molecule has 0 unspecified atom stereocenters. The molecule has 2 heterocycles. The van der Waals surface area contributed by atoms with Crippen LogP contribution in [0.15, 0.2) is 5.29 Å². The van der Waals surface area contributed by atoms with Crippen LogP contribution < -0.4 is 0 Å². The summed E-state index contributed by atoms with van der Waals surface area (Å²) in [5.74, 6) is 0.280. The summed E-state index contributed by atoms with van der Waals surface area (Å²) in [7, 11) is 0. The van der Waals surface area contributed by atoms with Gasteiger partial charge in [-0.2, -0.15) is 0 Å². The van der Waals surface area contributed by atoms with Crippen LogP contribution in [0.3, 0.4) is 0 Å². The van der Waals surface area contributed by atoms with Gasteiger partial charge in [-0.3, -0.25) is 9.80 Å². The molecule has 0 atom stereocenters. The molecule has 2 aliphatic heterocycles. The number of likely N-dealkylation sites (tertiary alicyclic amines) is 1. The van der Waals surface area contributed by atoms with E-state index >= 15 is 0 Å².